The third-order valence-corrected chi connectivity index (χ3v) is 8.03. The Kier molecular flexibility index (Phi) is 8.74. The van der Waals surface area contributed by atoms with Gasteiger partial charge in [0.05, 0.1) is 17.2 Å². The lowest BCUT2D eigenvalue weighted by atomic mass is 10.2. The molecule has 9 heteroatoms. The van der Waals surface area contributed by atoms with Gasteiger partial charge >= 0.3 is 0 Å². The maximum atomic E-state index is 13.9. The molecule has 2 aromatic carbocycles. The minimum Gasteiger partial charge on any atom is -0.367 e. The van der Waals surface area contributed by atoms with E-state index in [1.807, 2.05) is 35.2 Å². The van der Waals surface area contributed by atoms with Gasteiger partial charge in [0.15, 0.2) is 0 Å². The molecule has 1 aliphatic heterocycles. The molecule has 0 spiro atoms. The van der Waals surface area contributed by atoms with Crippen LogP contribution in [-0.2, 0) is 20.6 Å². The Balaban J connectivity index is 1.33. The lowest BCUT2D eigenvalue weighted by molar-refractivity contribution is -0.118. The second-order valence-electron chi connectivity index (χ2n) is 7.34. The van der Waals surface area contributed by atoms with Crippen molar-refractivity contribution in [1.82, 2.24) is 9.62 Å². The molecule has 0 unspecified atom stereocenters. The number of carbonyl (C=O) groups excluding carboxylic acids is 1. The van der Waals surface area contributed by atoms with Crippen LogP contribution in [0.1, 0.15) is 12.0 Å². The summed E-state index contributed by atoms with van der Waals surface area (Å²) in [6.45, 7) is 1.91. The van der Waals surface area contributed by atoms with E-state index in [-0.39, 0.29) is 17.5 Å². The average Bonchev–Trinajstić information content (AvgIpc) is 2.78. The highest BCUT2D eigenvalue weighted by Crippen LogP contribution is 2.21. The van der Waals surface area contributed by atoms with Gasteiger partial charge < -0.3 is 10.2 Å². The number of benzene rings is 2. The molecule has 3 rings (SSSR count). The Bertz CT molecular complexity index is 949. The third-order valence-electron chi connectivity index (χ3n) is 5.07. The first-order chi connectivity index (χ1) is 15.0. The monoisotopic (exact) mass is 465 g/mol. The fraction of sp³-hybridized carbons (Fsp3) is 0.409. The van der Waals surface area contributed by atoms with Crippen molar-refractivity contribution in [3.63, 3.8) is 0 Å². The summed E-state index contributed by atoms with van der Waals surface area (Å²) in [6, 6.07) is 16.5. The molecule has 1 heterocycles. The van der Waals surface area contributed by atoms with Gasteiger partial charge in [-0.05, 0) is 24.1 Å². The van der Waals surface area contributed by atoms with Crippen molar-refractivity contribution >= 4 is 33.4 Å². The molecule has 168 valence electrons. The van der Waals surface area contributed by atoms with Gasteiger partial charge in [0.1, 0.15) is 5.82 Å². The van der Waals surface area contributed by atoms with Crippen LogP contribution in [0.25, 0.3) is 0 Å². The van der Waals surface area contributed by atoms with E-state index < -0.39 is 10.0 Å². The standard InChI is InChI=1S/C22H28FN3O3S2/c23-20-9-4-5-10-21(20)25-12-14-26(15-13-25)31(28,29)16-6-11-24-22(27)18-30-17-19-7-2-1-3-8-19/h1-5,7-10H,6,11-18H2,(H,24,27). The van der Waals surface area contributed by atoms with Crippen molar-refractivity contribution in [2.45, 2.75) is 12.2 Å². The zero-order chi connectivity index (χ0) is 22.1. The molecule has 0 bridgehead atoms. The van der Waals surface area contributed by atoms with Crippen molar-refractivity contribution in [1.29, 1.82) is 0 Å². The highest BCUT2D eigenvalue weighted by Gasteiger charge is 2.27. The van der Waals surface area contributed by atoms with Crippen LogP contribution in [0, 0.1) is 5.82 Å². The number of hydrogen-bond donors (Lipinski definition) is 1. The van der Waals surface area contributed by atoms with Gasteiger partial charge in [0, 0.05) is 38.5 Å². The average molecular weight is 466 g/mol. The van der Waals surface area contributed by atoms with Crippen LogP contribution in [0.2, 0.25) is 0 Å². The molecule has 0 atom stereocenters. The molecule has 1 aliphatic rings. The van der Waals surface area contributed by atoms with Gasteiger partial charge in [0.25, 0.3) is 0 Å². The highest BCUT2D eigenvalue weighted by atomic mass is 32.2. The van der Waals surface area contributed by atoms with E-state index in [4.69, 9.17) is 0 Å². The lowest BCUT2D eigenvalue weighted by Crippen LogP contribution is -2.49. The quantitative estimate of drug-likeness (QED) is 0.547. The van der Waals surface area contributed by atoms with Gasteiger partial charge in [-0.2, -0.15) is 4.31 Å². The number of rotatable bonds is 10. The van der Waals surface area contributed by atoms with Crippen molar-refractivity contribution in [3.05, 3.63) is 66.0 Å². The molecule has 1 saturated heterocycles. The van der Waals surface area contributed by atoms with Gasteiger partial charge in [-0.3, -0.25) is 4.79 Å². The van der Waals surface area contributed by atoms with E-state index in [2.05, 4.69) is 5.32 Å². The maximum absolute atomic E-state index is 13.9. The predicted molar refractivity (Wildman–Crippen MR) is 124 cm³/mol. The van der Waals surface area contributed by atoms with E-state index in [0.717, 1.165) is 5.75 Å². The molecule has 2 aromatic rings. The molecule has 0 radical (unpaired) electrons. The number of nitrogens with one attached hydrogen (secondary N) is 1. The van der Waals surface area contributed by atoms with Crippen molar-refractivity contribution in [2.75, 3.05) is 49.1 Å². The summed E-state index contributed by atoms with van der Waals surface area (Å²) < 4.78 is 40.6. The molecule has 31 heavy (non-hydrogen) atoms. The van der Waals surface area contributed by atoms with E-state index in [9.17, 15) is 17.6 Å². The second kappa shape index (κ2) is 11.5. The summed E-state index contributed by atoms with van der Waals surface area (Å²) in [5.74, 6) is 0.721. The first-order valence-corrected chi connectivity index (χ1v) is 13.1. The summed E-state index contributed by atoms with van der Waals surface area (Å²) in [5, 5.41) is 2.79. The predicted octanol–water partition coefficient (Wildman–Crippen LogP) is 2.72. The van der Waals surface area contributed by atoms with Gasteiger partial charge in [-0.15, -0.1) is 11.8 Å². The van der Waals surface area contributed by atoms with E-state index in [0.29, 0.717) is 50.6 Å². The highest BCUT2D eigenvalue weighted by molar-refractivity contribution is 7.99. The van der Waals surface area contributed by atoms with Crippen LogP contribution < -0.4 is 10.2 Å². The van der Waals surface area contributed by atoms with Gasteiger partial charge in [-0.25, -0.2) is 12.8 Å². The Labute approximate surface area is 187 Å². The summed E-state index contributed by atoms with van der Waals surface area (Å²) in [6.07, 6.45) is 0.366. The Morgan fingerprint density at radius 1 is 1.00 bits per heavy atom. The molecule has 0 aliphatic carbocycles. The molecule has 0 aromatic heterocycles. The molecule has 1 N–H and O–H groups in total. The fourth-order valence-corrected chi connectivity index (χ4v) is 5.72. The smallest absolute Gasteiger partial charge is 0.230 e. The van der Waals surface area contributed by atoms with Crippen LogP contribution in [0.4, 0.5) is 10.1 Å². The molecule has 1 amide bonds. The molecular weight excluding hydrogens is 437 g/mol. The van der Waals surface area contributed by atoms with E-state index >= 15 is 0 Å². The Morgan fingerprint density at radius 2 is 1.68 bits per heavy atom. The Morgan fingerprint density at radius 3 is 2.39 bits per heavy atom. The first-order valence-electron chi connectivity index (χ1n) is 10.3. The topological polar surface area (TPSA) is 69.7 Å². The molecule has 0 saturated carbocycles. The zero-order valence-corrected chi connectivity index (χ0v) is 19.0. The first kappa shape index (κ1) is 23.6. The summed E-state index contributed by atoms with van der Waals surface area (Å²) in [7, 11) is -3.39. The minimum absolute atomic E-state index is 0.00979. The van der Waals surface area contributed by atoms with Crippen LogP contribution in [0.5, 0.6) is 0 Å². The number of amides is 1. The number of piperazine rings is 1. The van der Waals surface area contributed by atoms with Gasteiger partial charge in [0.2, 0.25) is 15.9 Å². The summed E-state index contributed by atoms with van der Waals surface area (Å²) in [5.41, 5.74) is 1.67. The largest absolute Gasteiger partial charge is 0.367 e. The van der Waals surface area contributed by atoms with Crippen molar-refractivity contribution < 1.29 is 17.6 Å². The van der Waals surface area contributed by atoms with Crippen LogP contribution in [0.15, 0.2) is 54.6 Å². The third kappa shape index (κ3) is 7.22. The summed E-state index contributed by atoms with van der Waals surface area (Å²) in [4.78, 5) is 13.8. The number of thioether (sulfide) groups is 1. The maximum Gasteiger partial charge on any atom is 0.230 e. The van der Waals surface area contributed by atoms with E-state index in [1.54, 1.807) is 18.2 Å². The Hall–Kier alpha value is -2.10. The number of carbonyl (C=O) groups is 1. The van der Waals surface area contributed by atoms with Crippen LogP contribution >= 0.6 is 11.8 Å². The SMILES string of the molecule is O=C(CSCc1ccccc1)NCCCS(=O)(=O)N1CCN(c2ccccc2F)CC1. The normalized spacial score (nSPS) is 15.1. The lowest BCUT2D eigenvalue weighted by Gasteiger charge is -2.35. The number of sulfonamides is 1. The summed E-state index contributed by atoms with van der Waals surface area (Å²) >= 11 is 1.53. The van der Waals surface area contributed by atoms with Crippen LogP contribution in [0.3, 0.4) is 0 Å². The van der Waals surface area contributed by atoms with Crippen molar-refractivity contribution in [2.24, 2.45) is 0 Å². The fourth-order valence-electron chi connectivity index (χ4n) is 3.41. The van der Waals surface area contributed by atoms with Crippen molar-refractivity contribution in [3.8, 4) is 0 Å². The van der Waals surface area contributed by atoms with E-state index in [1.165, 1.54) is 27.7 Å². The number of nitrogens with zero attached hydrogens (tertiary/aromatic N) is 2. The zero-order valence-electron chi connectivity index (χ0n) is 17.4. The minimum atomic E-state index is -3.39. The van der Waals surface area contributed by atoms with Crippen LogP contribution in [-0.4, -0.2) is 62.9 Å². The molecular formula is C22H28FN3O3S2. The molecule has 6 nitrogen and oxygen atoms in total. The number of para-hydroxylation sites is 1. The second-order valence-corrected chi connectivity index (χ2v) is 10.4. The number of hydrogen-bond acceptors (Lipinski definition) is 5. The van der Waals surface area contributed by atoms with Gasteiger partial charge in [-0.1, -0.05) is 42.5 Å². The number of anilines is 1. The molecule has 1 fully saturated rings. The number of halogens is 1.